The van der Waals surface area contributed by atoms with Gasteiger partial charge < -0.3 is 10.0 Å². The van der Waals surface area contributed by atoms with E-state index in [9.17, 15) is 5.11 Å². The van der Waals surface area contributed by atoms with Crippen LogP contribution in [0.15, 0.2) is 24.3 Å². The van der Waals surface area contributed by atoms with Crippen LogP contribution in [-0.4, -0.2) is 29.6 Å². The van der Waals surface area contributed by atoms with Crippen LogP contribution in [0, 0.1) is 6.92 Å². The van der Waals surface area contributed by atoms with E-state index >= 15 is 0 Å². The van der Waals surface area contributed by atoms with Crippen LogP contribution < -0.4 is 0 Å². The van der Waals surface area contributed by atoms with Gasteiger partial charge in [-0.05, 0) is 45.0 Å². The summed E-state index contributed by atoms with van der Waals surface area (Å²) in [6.45, 7) is 2.08. The lowest BCUT2D eigenvalue weighted by atomic mass is 9.83. The van der Waals surface area contributed by atoms with Crippen LogP contribution in [-0.2, 0) is 0 Å². The number of hydrogen-bond donors (Lipinski definition) is 1. The van der Waals surface area contributed by atoms with E-state index in [1.807, 2.05) is 12.1 Å². The van der Waals surface area contributed by atoms with Gasteiger partial charge in [0.1, 0.15) is 0 Å². The molecule has 1 aromatic carbocycles. The number of aliphatic hydroxyl groups is 1. The van der Waals surface area contributed by atoms with Crippen molar-refractivity contribution < 1.29 is 5.11 Å². The van der Waals surface area contributed by atoms with E-state index in [1.54, 1.807) is 0 Å². The monoisotopic (exact) mass is 233 g/mol. The lowest BCUT2D eigenvalue weighted by Crippen LogP contribution is -2.47. The average molecular weight is 233 g/mol. The first kappa shape index (κ1) is 12.6. The van der Waals surface area contributed by atoms with E-state index in [4.69, 9.17) is 0 Å². The van der Waals surface area contributed by atoms with Crippen LogP contribution in [0.3, 0.4) is 0 Å². The van der Waals surface area contributed by atoms with Crippen molar-refractivity contribution in [3.63, 3.8) is 0 Å². The van der Waals surface area contributed by atoms with Crippen molar-refractivity contribution in [2.45, 2.75) is 44.2 Å². The Bertz CT molecular complexity index is 380. The molecule has 2 rings (SSSR count). The predicted molar refractivity (Wildman–Crippen MR) is 71.0 cm³/mol. The summed E-state index contributed by atoms with van der Waals surface area (Å²) in [5.74, 6) is 0. The first-order valence-electron chi connectivity index (χ1n) is 6.49. The Labute approximate surface area is 104 Å². The smallest absolute Gasteiger partial charge is 0.0975 e. The SMILES string of the molecule is Cc1ccccc1C(O)C1(N(C)C)CCCC1. The van der Waals surface area contributed by atoms with Crippen LogP contribution in [0.2, 0.25) is 0 Å². The second-order valence-electron chi connectivity index (χ2n) is 5.46. The van der Waals surface area contributed by atoms with E-state index in [2.05, 4.69) is 38.1 Å². The minimum absolute atomic E-state index is 0.0634. The van der Waals surface area contributed by atoms with Gasteiger partial charge in [-0.2, -0.15) is 0 Å². The number of hydrogen-bond acceptors (Lipinski definition) is 2. The highest BCUT2D eigenvalue weighted by Crippen LogP contribution is 2.43. The highest BCUT2D eigenvalue weighted by atomic mass is 16.3. The van der Waals surface area contributed by atoms with Crippen LogP contribution in [0.1, 0.15) is 42.9 Å². The number of likely N-dealkylation sites (N-methyl/N-ethyl adjacent to an activating group) is 1. The maximum absolute atomic E-state index is 10.8. The van der Waals surface area contributed by atoms with Crippen molar-refractivity contribution in [2.24, 2.45) is 0 Å². The largest absolute Gasteiger partial charge is 0.386 e. The molecular weight excluding hydrogens is 210 g/mol. The zero-order chi connectivity index (χ0) is 12.5. The Morgan fingerprint density at radius 3 is 2.29 bits per heavy atom. The zero-order valence-electron chi connectivity index (χ0n) is 11.1. The van der Waals surface area contributed by atoms with Crippen LogP contribution >= 0.6 is 0 Å². The van der Waals surface area contributed by atoms with Gasteiger partial charge in [0.05, 0.1) is 11.6 Å². The summed E-state index contributed by atoms with van der Waals surface area (Å²) in [6.07, 6.45) is 4.26. The van der Waals surface area contributed by atoms with Gasteiger partial charge in [0.2, 0.25) is 0 Å². The molecule has 1 aliphatic rings. The van der Waals surface area contributed by atoms with Gasteiger partial charge in [0.25, 0.3) is 0 Å². The number of rotatable bonds is 3. The van der Waals surface area contributed by atoms with E-state index in [0.717, 1.165) is 18.4 Å². The standard InChI is InChI=1S/C15H23NO/c1-12-8-4-5-9-13(12)14(17)15(16(2)3)10-6-7-11-15/h4-5,8-9,14,17H,6-7,10-11H2,1-3H3. The van der Waals surface area contributed by atoms with Crippen molar-refractivity contribution in [2.75, 3.05) is 14.1 Å². The molecule has 1 aliphatic carbocycles. The van der Waals surface area contributed by atoms with Gasteiger partial charge >= 0.3 is 0 Å². The minimum Gasteiger partial charge on any atom is -0.386 e. The fraction of sp³-hybridized carbons (Fsp3) is 0.600. The number of benzene rings is 1. The van der Waals surface area contributed by atoms with Gasteiger partial charge in [-0.1, -0.05) is 37.1 Å². The molecule has 0 saturated heterocycles. The molecule has 2 heteroatoms. The molecule has 0 radical (unpaired) electrons. The lowest BCUT2D eigenvalue weighted by Gasteiger charge is -2.41. The highest BCUT2D eigenvalue weighted by Gasteiger charge is 2.43. The maximum atomic E-state index is 10.8. The van der Waals surface area contributed by atoms with E-state index in [0.29, 0.717) is 0 Å². The molecule has 1 saturated carbocycles. The third kappa shape index (κ3) is 2.12. The van der Waals surface area contributed by atoms with Gasteiger partial charge in [-0.3, -0.25) is 0 Å². The fourth-order valence-electron chi connectivity index (χ4n) is 3.14. The third-order valence-corrected chi connectivity index (χ3v) is 4.35. The fourth-order valence-corrected chi connectivity index (χ4v) is 3.14. The Morgan fingerprint density at radius 1 is 1.18 bits per heavy atom. The molecule has 0 heterocycles. The Balaban J connectivity index is 2.35. The molecule has 17 heavy (non-hydrogen) atoms. The van der Waals surface area contributed by atoms with Gasteiger partial charge in [-0.15, -0.1) is 0 Å². The van der Waals surface area contributed by atoms with Crippen LogP contribution in [0.5, 0.6) is 0 Å². The molecule has 0 spiro atoms. The molecule has 0 aromatic heterocycles. The van der Waals surface area contributed by atoms with Crippen LogP contribution in [0.25, 0.3) is 0 Å². The first-order chi connectivity index (χ1) is 8.08. The Kier molecular flexibility index (Phi) is 3.55. The van der Waals surface area contributed by atoms with Gasteiger partial charge in [-0.25, -0.2) is 0 Å². The molecule has 0 amide bonds. The second-order valence-corrected chi connectivity index (χ2v) is 5.46. The summed E-state index contributed by atoms with van der Waals surface area (Å²) in [4.78, 5) is 2.22. The molecule has 1 atom stereocenters. The maximum Gasteiger partial charge on any atom is 0.0975 e. The summed E-state index contributed by atoms with van der Waals surface area (Å²) in [6, 6.07) is 8.19. The molecule has 0 bridgehead atoms. The molecule has 1 fully saturated rings. The molecule has 2 nitrogen and oxygen atoms in total. The molecule has 1 unspecified atom stereocenters. The topological polar surface area (TPSA) is 23.5 Å². The summed E-state index contributed by atoms with van der Waals surface area (Å²) >= 11 is 0. The Hall–Kier alpha value is -0.860. The lowest BCUT2D eigenvalue weighted by molar-refractivity contribution is -0.00509. The summed E-state index contributed by atoms with van der Waals surface area (Å²) < 4.78 is 0. The molecule has 1 aromatic rings. The minimum atomic E-state index is -0.374. The number of aryl methyl sites for hydroxylation is 1. The van der Waals surface area contributed by atoms with Crippen molar-refractivity contribution in [1.82, 2.24) is 4.90 Å². The van der Waals surface area contributed by atoms with Gasteiger partial charge in [0, 0.05) is 0 Å². The van der Waals surface area contributed by atoms with Gasteiger partial charge in [0.15, 0.2) is 0 Å². The third-order valence-electron chi connectivity index (χ3n) is 4.35. The van der Waals surface area contributed by atoms with Crippen LogP contribution in [0.4, 0.5) is 0 Å². The predicted octanol–water partition coefficient (Wildman–Crippen LogP) is 2.90. The second kappa shape index (κ2) is 4.79. The van der Waals surface area contributed by atoms with Crippen molar-refractivity contribution in [1.29, 1.82) is 0 Å². The average Bonchev–Trinajstić information content (AvgIpc) is 2.79. The van der Waals surface area contributed by atoms with E-state index < -0.39 is 0 Å². The zero-order valence-corrected chi connectivity index (χ0v) is 11.1. The molecule has 0 aliphatic heterocycles. The van der Waals surface area contributed by atoms with Crippen molar-refractivity contribution in [3.8, 4) is 0 Å². The Morgan fingerprint density at radius 2 is 1.76 bits per heavy atom. The highest BCUT2D eigenvalue weighted by molar-refractivity contribution is 5.30. The first-order valence-corrected chi connectivity index (χ1v) is 6.49. The normalized spacial score (nSPS) is 20.8. The molecule has 94 valence electrons. The molecular formula is C15H23NO. The van der Waals surface area contributed by atoms with E-state index in [-0.39, 0.29) is 11.6 Å². The summed E-state index contributed by atoms with van der Waals surface area (Å²) in [5.41, 5.74) is 2.21. The number of nitrogens with zero attached hydrogens (tertiary/aromatic N) is 1. The van der Waals surface area contributed by atoms with Crippen molar-refractivity contribution in [3.05, 3.63) is 35.4 Å². The quantitative estimate of drug-likeness (QED) is 0.867. The summed E-state index contributed by atoms with van der Waals surface area (Å²) in [5, 5.41) is 10.8. The summed E-state index contributed by atoms with van der Waals surface area (Å²) in [7, 11) is 4.18. The molecule has 1 N–H and O–H groups in total. The van der Waals surface area contributed by atoms with Crippen molar-refractivity contribution >= 4 is 0 Å². The van der Waals surface area contributed by atoms with E-state index in [1.165, 1.54) is 18.4 Å². The number of aliphatic hydroxyl groups excluding tert-OH is 1.